The van der Waals surface area contributed by atoms with Gasteiger partial charge in [-0.3, -0.25) is 4.79 Å². The quantitative estimate of drug-likeness (QED) is 0.818. The number of halogens is 1. The first-order chi connectivity index (χ1) is 10.7. The molecule has 1 fully saturated rings. The molecule has 3 rings (SSSR count). The summed E-state index contributed by atoms with van der Waals surface area (Å²) in [5.74, 6) is 0.249. The van der Waals surface area contributed by atoms with Gasteiger partial charge in [-0.15, -0.1) is 11.3 Å². The van der Waals surface area contributed by atoms with Crippen molar-refractivity contribution in [3.8, 4) is 0 Å². The van der Waals surface area contributed by atoms with Gasteiger partial charge in [-0.05, 0) is 24.1 Å². The third-order valence-electron chi connectivity index (χ3n) is 3.84. The molecule has 2 heterocycles. The van der Waals surface area contributed by atoms with Crippen LogP contribution in [0.25, 0.3) is 0 Å². The molecule has 0 aliphatic carbocycles. The number of thiazole rings is 1. The SMILES string of the molecule is O=C(CCc1cccc(Br)c1)N1CCN(c2nccs2)CC1. The van der Waals surface area contributed by atoms with Gasteiger partial charge in [0.25, 0.3) is 0 Å². The molecule has 6 heteroatoms. The number of benzene rings is 1. The molecule has 0 unspecified atom stereocenters. The van der Waals surface area contributed by atoms with E-state index in [1.165, 1.54) is 5.56 Å². The molecule has 2 aromatic rings. The lowest BCUT2D eigenvalue weighted by Crippen LogP contribution is -2.48. The summed E-state index contributed by atoms with van der Waals surface area (Å²) >= 11 is 5.12. The Labute approximate surface area is 142 Å². The molecule has 1 saturated heterocycles. The smallest absolute Gasteiger partial charge is 0.223 e. The molecule has 4 nitrogen and oxygen atoms in total. The van der Waals surface area contributed by atoms with Crippen molar-refractivity contribution in [3.05, 3.63) is 45.9 Å². The summed E-state index contributed by atoms with van der Waals surface area (Å²) in [5, 5.41) is 3.05. The highest BCUT2D eigenvalue weighted by molar-refractivity contribution is 9.10. The second-order valence-corrected chi connectivity index (χ2v) is 7.10. The Morgan fingerprint density at radius 2 is 2.09 bits per heavy atom. The lowest BCUT2D eigenvalue weighted by Gasteiger charge is -2.34. The monoisotopic (exact) mass is 379 g/mol. The van der Waals surface area contributed by atoms with E-state index in [9.17, 15) is 4.79 Å². The summed E-state index contributed by atoms with van der Waals surface area (Å²) in [6, 6.07) is 8.16. The first kappa shape index (κ1) is 15.5. The van der Waals surface area contributed by atoms with E-state index in [-0.39, 0.29) is 5.91 Å². The Morgan fingerprint density at radius 1 is 1.27 bits per heavy atom. The highest BCUT2D eigenvalue weighted by Crippen LogP contribution is 2.19. The molecular formula is C16H18BrN3OS. The van der Waals surface area contributed by atoms with Crippen molar-refractivity contribution < 1.29 is 4.79 Å². The largest absolute Gasteiger partial charge is 0.345 e. The van der Waals surface area contributed by atoms with E-state index in [2.05, 4.69) is 37.9 Å². The molecule has 0 radical (unpaired) electrons. The van der Waals surface area contributed by atoms with E-state index in [1.807, 2.05) is 28.6 Å². The Balaban J connectivity index is 1.48. The van der Waals surface area contributed by atoms with Gasteiger partial charge in [0.05, 0.1) is 0 Å². The van der Waals surface area contributed by atoms with Crippen molar-refractivity contribution in [1.29, 1.82) is 0 Å². The molecule has 1 aromatic heterocycles. The maximum Gasteiger partial charge on any atom is 0.223 e. The Morgan fingerprint density at radius 3 is 2.77 bits per heavy atom. The van der Waals surface area contributed by atoms with Crippen LogP contribution in [0.3, 0.4) is 0 Å². The number of aromatic nitrogens is 1. The number of aryl methyl sites for hydroxylation is 1. The molecule has 0 atom stereocenters. The van der Waals surface area contributed by atoms with Crippen LogP contribution in [0, 0.1) is 0 Å². The lowest BCUT2D eigenvalue weighted by atomic mass is 10.1. The molecule has 0 saturated carbocycles. The summed E-state index contributed by atoms with van der Waals surface area (Å²) < 4.78 is 1.06. The van der Waals surface area contributed by atoms with Crippen LogP contribution in [-0.4, -0.2) is 42.0 Å². The first-order valence-electron chi connectivity index (χ1n) is 7.39. The molecule has 1 aliphatic rings. The van der Waals surface area contributed by atoms with Gasteiger partial charge in [-0.1, -0.05) is 28.1 Å². The number of rotatable bonds is 4. The highest BCUT2D eigenvalue weighted by Gasteiger charge is 2.21. The topological polar surface area (TPSA) is 36.4 Å². The first-order valence-corrected chi connectivity index (χ1v) is 9.06. The number of carbonyl (C=O) groups is 1. The molecule has 22 heavy (non-hydrogen) atoms. The number of carbonyl (C=O) groups excluding carboxylic acids is 1. The normalized spacial score (nSPS) is 15.1. The van der Waals surface area contributed by atoms with E-state index >= 15 is 0 Å². The van der Waals surface area contributed by atoms with E-state index in [1.54, 1.807) is 11.3 Å². The van der Waals surface area contributed by atoms with Crippen LogP contribution in [0.5, 0.6) is 0 Å². The zero-order valence-corrected chi connectivity index (χ0v) is 14.6. The molecule has 0 N–H and O–H groups in total. The van der Waals surface area contributed by atoms with Crippen molar-refractivity contribution in [1.82, 2.24) is 9.88 Å². The van der Waals surface area contributed by atoms with Gasteiger partial charge in [0.1, 0.15) is 0 Å². The molecular weight excluding hydrogens is 362 g/mol. The Bertz CT molecular complexity index is 624. The number of hydrogen-bond donors (Lipinski definition) is 0. The molecule has 1 aliphatic heterocycles. The maximum atomic E-state index is 12.3. The van der Waals surface area contributed by atoms with E-state index in [0.717, 1.165) is 42.2 Å². The van der Waals surface area contributed by atoms with Crippen LogP contribution in [-0.2, 0) is 11.2 Å². The average Bonchev–Trinajstić information content (AvgIpc) is 3.07. The van der Waals surface area contributed by atoms with Gasteiger partial charge in [-0.2, -0.15) is 0 Å². The van der Waals surface area contributed by atoms with Crippen molar-refractivity contribution >= 4 is 38.3 Å². The molecule has 116 valence electrons. The highest BCUT2D eigenvalue weighted by atomic mass is 79.9. The minimum atomic E-state index is 0.249. The summed E-state index contributed by atoms with van der Waals surface area (Å²) in [5.41, 5.74) is 1.20. The second-order valence-electron chi connectivity index (χ2n) is 5.31. The van der Waals surface area contributed by atoms with Crippen molar-refractivity contribution in [3.63, 3.8) is 0 Å². The number of amides is 1. The number of piperazine rings is 1. The fraction of sp³-hybridized carbons (Fsp3) is 0.375. The van der Waals surface area contributed by atoms with E-state index in [0.29, 0.717) is 6.42 Å². The van der Waals surface area contributed by atoms with Crippen LogP contribution >= 0.6 is 27.3 Å². The molecule has 1 amide bonds. The average molecular weight is 380 g/mol. The summed E-state index contributed by atoms with van der Waals surface area (Å²) in [7, 11) is 0. The van der Waals surface area contributed by atoms with Crippen LogP contribution in [0.1, 0.15) is 12.0 Å². The minimum Gasteiger partial charge on any atom is -0.345 e. The maximum absolute atomic E-state index is 12.3. The van der Waals surface area contributed by atoms with Gasteiger partial charge in [0.15, 0.2) is 5.13 Å². The van der Waals surface area contributed by atoms with Gasteiger partial charge in [0.2, 0.25) is 5.91 Å². The third kappa shape index (κ3) is 3.87. The van der Waals surface area contributed by atoms with E-state index < -0.39 is 0 Å². The molecule has 0 bridgehead atoms. The van der Waals surface area contributed by atoms with Gasteiger partial charge in [-0.25, -0.2) is 4.98 Å². The second kappa shape index (κ2) is 7.24. The van der Waals surface area contributed by atoms with Gasteiger partial charge >= 0.3 is 0 Å². The summed E-state index contributed by atoms with van der Waals surface area (Å²) in [6.07, 6.45) is 3.20. The number of hydrogen-bond acceptors (Lipinski definition) is 4. The van der Waals surface area contributed by atoms with Crippen molar-refractivity contribution in [2.75, 3.05) is 31.1 Å². The standard InChI is InChI=1S/C16H18BrN3OS/c17-14-3-1-2-13(12-14)4-5-15(21)19-7-9-20(10-8-19)16-18-6-11-22-16/h1-3,6,11-12H,4-5,7-10H2. The Kier molecular flexibility index (Phi) is 5.10. The summed E-state index contributed by atoms with van der Waals surface area (Å²) in [4.78, 5) is 20.9. The predicted octanol–water partition coefficient (Wildman–Crippen LogP) is 3.19. The third-order valence-corrected chi connectivity index (χ3v) is 5.16. The summed E-state index contributed by atoms with van der Waals surface area (Å²) in [6.45, 7) is 3.32. The minimum absolute atomic E-state index is 0.249. The van der Waals surface area contributed by atoms with Crippen molar-refractivity contribution in [2.24, 2.45) is 0 Å². The van der Waals surface area contributed by atoms with Crippen LogP contribution < -0.4 is 4.90 Å². The van der Waals surface area contributed by atoms with Crippen molar-refractivity contribution in [2.45, 2.75) is 12.8 Å². The zero-order valence-electron chi connectivity index (χ0n) is 12.2. The van der Waals surface area contributed by atoms with Crippen LogP contribution in [0.2, 0.25) is 0 Å². The fourth-order valence-corrected chi connectivity index (χ4v) is 3.76. The number of nitrogens with zero attached hydrogens (tertiary/aromatic N) is 3. The molecule has 1 aromatic carbocycles. The van der Waals surface area contributed by atoms with E-state index in [4.69, 9.17) is 0 Å². The zero-order chi connectivity index (χ0) is 15.4. The van der Waals surface area contributed by atoms with Crippen LogP contribution in [0.15, 0.2) is 40.3 Å². The predicted molar refractivity (Wildman–Crippen MR) is 93.4 cm³/mol. The fourth-order valence-electron chi connectivity index (χ4n) is 2.62. The van der Waals surface area contributed by atoms with Crippen LogP contribution in [0.4, 0.5) is 5.13 Å². The van der Waals surface area contributed by atoms with Gasteiger partial charge < -0.3 is 9.80 Å². The Hall–Kier alpha value is -1.40. The molecule has 0 spiro atoms. The lowest BCUT2D eigenvalue weighted by molar-refractivity contribution is -0.131. The van der Waals surface area contributed by atoms with Gasteiger partial charge in [0, 0.05) is 48.6 Å². The number of anilines is 1.